The van der Waals surface area contributed by atoms with Gasteiger partial charge >= 0.3 is 0 Å². The van der Waals surface area contributed by atoms with E-state index in [0.29, 0.717) is 11.7 Å². The Morgan fingerprint density at radius 2 is 1.75 bits per heavy atom. The molecule has 0 aliphatic carbocycles. The van der Waals surface area contributed by atoms with Crippen LogP contribution in [0.15, 0.2) is 24.3 Å². The van der Waals surface area contributed by atoms with Crippen LogP contribution in [0, 0.1) is 6.92 Å². The van der Waals surface area contributed by atoms with E-state index >= 15 is 0 Å². The summed E-state index contributed by atoms with van der Waals surface area (Å²) in [6.45, 7) is 12.3. The predicted molar refractivity (Wildman–Crippen MR) is 110 cm³/mol. The van der Waals surface area contributed by atoms with Crippen molar-refractivity contribution in [2.75, 3.05) is 13.1 Å². The highest BCUT2D eigenvalue weighted by Gasteiger charge is 2.37. The summed E-state index contributed by atoms with van der Waals surface area (Å²) < 4.78 is 7.54. The average molecular weight is 402 g/mol. The van der Waals surface area contributed by atoms with E-state index in [1.807, 2.05) is 6.92 Å². The molecule has 3 aromatic rings. The maximum Gasteiger partial charge on any atom is 0.235 e. The number of ether oxygens (including phenoxy) is 1. The van der Waals surface area contributed by atoms with Crippen LogP contribution in [-0.2, 0) is 4.74 Å². The monoisotopic (exact) mass is 401 g/mol. The van der Waals surface area contributed by atoms with Crippen LogP contribution in [-0.4, -0.2) is 45.0 Å². The van der Waals surface area contributed by atoms with Gasteiger partial charge < -0.3 is 14.7 Å². The summed E-state index contributed by atoms with van der Waals surface area (Å²) in [6, 6.07) is 8.86. The van der Waals surface area contributed by atoms with Crippen LogP contribution in [0.5, 0.6) is 5.88 Å². The highest BCUT2D eigenvalue weighted by Crippen LogP contribution is 2.35. The Morgan fingerprint density at radius 1 is 1.14 bits per heavy atom. The number of nitrogens with zero attached hydrogens (tertiary/aromatic N) is 3. The van der Waals surface area contributed by atoms with Crippen LogP contribution in [0.2, 0.25) is 0 Å². The maximum atomic E-state index is 11.0. The van der Waals surface area contributed by atoms with Gasteiger partial charge in [0.2, 0.25) is 10.8 Å². The first-order chi connectivity index (χ1) is 13.3. The van der Waals surface area contributed by atoms with E-state index in [-0.39, 0.29) is 24.1 Å². The van der Waals surface area contributed by atoms with Crippen molar-refractivity contribution in [2.45, 2.75) is 58.8 Å². The minimum Gasteiger partial charge on any atom is -0.492 e. The second-order valence-corrected chi connectivity index (χ2v) is 9.23. The molecule has 3 atom stereocenters. The van der Waals surface area contributed by atoms with Gasteiger partial charge in [0.1, 0.15) is 36.0 Å². The van der Waals surface area contributed by atoms with E-state index in [0.717, 1.165) is 22.9 Å². The number of aromatic nitrogens is 3. The number of morpholine rings is 1. The number of quaternary nitrogens is 1. The van der Waals surface area contributed by atoms with E-state index in [1.54, 1.807) is 4.52 Å². The SMILES string of the molecule is Cc1nc2sc([C@H](c3ccc(C(C)C)cc3)[NH+]3C[C@@H](C)O[C@H](C)C3)c(O)n2n1. The fraction of sp³-hybridized carbons (Fsp3) is 0.524. The molecule has 1 saturated heterocycles. The van der Waals surface area contributed by atoms with Crippen molar-refractivity contribution in [3.8, 4) is 5.88 Å². The fourth-order valence-corrected chi connectivity index (χ4v) is 5.42. The molecule has 0 spiro atoms. The summed E-state index contributed by atoms with van der Waals surface area (Å²) in [6.07, 6.45) is 0.366. The molecule has 3 heterocycles. The zero-order valence-electron chi connectivity index (χ0n) is 17.1. The quantitative estimate of drug-likeness (QED) is 0.706. The van der Waals surface area contributed by atoms with Gasteiger partial charge in [0, 0.05) is 5.56 Å². The lowest BCUT2D eigenvalue weighted by Gasteiger charge is -2.37. The second-order valence-electron chi connectivity index (χ2n) is 8.22. The molecule has 2 N–H and O–H groups in total. The number of rotatable bonds is 4. The van der Waals surface area contributed by atoms with Crippen LogP contribution >= 0.6 is 11.3 Å². The summed E-state index contributed by atoms with van der Waals surface area (Å²) in [5.74, 6) is 1.37. The lowest BCUT2D eigenvalue weighted by molar-refractivity contribution is -0.939. The van der Waals surface area contributed by atoms with Crippen molar-refractivity contribution in [3.05, 3.63) is 46.1 Å². The lowest BCUT2D eigenvalue weighted by Crippen LogP contribution is -3.15. The Labute approximate surface area is 169 Å². The number of hydrogen-bond acceptors (Lipinski definition) is 5. The number of aryl methyl sites for hydroxylation is 1. The molecule has 1 fully saturated rings. The highest BCUT2D eigenvalue weighted by atomic mass is 32.1. The van der Waals surface area contributed by atoms with Gasteiger partial charge in [0.05, 0.1) is 0 Å². The number of nitrogens with one attached hydrogen (secondary N) is 1. The normalized spacial score (nSPS) is 24.1. The Kier molecular flexibility index (Phi) is 5.16. The van der Waals surface area contributed by atoms with Gasteiger partial charge in [-0.2, -0.15) is 4.52 Å². The molecule has 6 nitrogen and oxygen atoms in total. The summed E-state index contributed by atoms with van der Waals surface area (Å²) in [5.41, 5.74) is 2.53. The Bertz CT molecular complexity index is 953. The summed E-state index contributed by atoms with van der Waals surface area (Å²) in [7, 11) is 0. The van der Waals surface area contributed by atoms with Gasteiger partial charge in [-0.3, -0.25) is 0 Å². The minimum atomic E-state index is 0.0313. The standard InChI is InChI=1S/C21H28N4O2S/c1-12(2)16-6-8-17(9-7-16)18(24-10-13(3)27-14(4)11-24)19-20(26)25-21(28-19)22-15(5)23-25/h6-9,12-14,18,26H,10-11H2,1-5H3/p+1/t13-,14-,18+/m1/s1. The Morgan fingerprint density at radius 3 is 2.32 bits per heavy atom. The van der Waals surface area contributed by atoms with E-state index < -0.39 is 0 Å². The van der Waals surface area contributed by atoms with Crippen molar-refractivity contribution in [1.82, 2.24) is 14.6 Å². The van der Waals surface area contributed by atoms with Crippen molar-refractivity contribution in [1.29, 1.82) is 0 Å². The van der Waals surface area contributed by atoms with E-state index in [9.17, 15) is 5.11 Å². The van der Waals surface area contributed by atoms with Gasteiger partial charge in [-0.1, -0.05) is 49.4 Å². The van der Waals surface area contributed by atoms with Crippen molar-refractivity contribution in [3.63, 3.8) is 0 Å². The smallest absolute Gasteiger partial charge is 0.235 e. The van der Waals surface area contributed by atoms with Gasteiger partial charge in [-0.05, 0) is 32.3 Å². The van der Waals surface area contributed by atoms with E-state index in [4.69, 9.17) is 4.74 Å². The van der Waals surface area contributed by atoms with Gasteiger partial charge in [-0.25, -0.2) is 4.98 Å². The largest absolute Gasteiger partial charge is 0.492 e. The van der Waals surface area contributed by atoms with Gasteiger partial charge in [-0.15, -0.1) is 5.10 Å². The summed E-state index contributed by atoms with van der Waals surface area (Å²) in [5, 5.41) is 15.3. The average Bonchev–Trinajstić information content (AvgIpc) is 3.13. The van der Waals surface area contributed by atoms with Crippen LogP contribution in [0.1, 0.15) is 61.5 Å². The third-order valence-electron chi connectivity index (χ3n) is 5.48. The predicted octanol–water partition coefficient (Wildman–Crippen LogP) is 2.71. The number of fused-ring (bicyclic) bond motifs is 1. The van der Waals surface area contributed by atoms with Crippen molar-refractivity contribution >= 4 is 16.3 Å². The summed E-state index contributed by atoms with van der Waals surface area (Å²) in [4.78, 5) is 7.52. The van der Waals surface area contributed by atoms with Gasteiger partial charge in [0.25, 0.3) is 0 Å². The molecule has 7 heteroatoms. The third-order valence-corrected chi connectivity index (χ3v) is 6.56. The first-order valence-electron chi connectivity index (χ1n) is 9.98. The Balaban J connectivity index is 1.80. The van der Waals surface area contributed by atoms with Crippen LogP contribution in [0.3, 0.4) is 0 Å². The topological polar surface area (TPSA) is 64.1 Å². The molecule has 28 heavy (non-hydrogen) atoms. The molecule has 4 rings (SSSR count). The lowest BCUT2D eigenvalue weighted by atomic mass is 9.97. The molecule has 0 saturated carbocycles. The van der Waals surface area contributed by atoms with Crippen molar-refractivity contribution in [2.24, 2.45) is 0 Å². The minimum absolute atomic E-state index is 0.0313. The van der Waals surface area contributed by atoms with E-state index in [2.05, 4.69) is 62.0 Å². The molecule has 150 valence electrons. The maximum absolute atomic E-state index is 11.0. The zero-order chi connectivity index (χ0) is 20.0. The number of aromatic hydroxyl groups is 1. The van der Waals surface area contributed by atoms with Crippen LogP contribution < -0.4 is 4.90 Å². The molecule has 0 unspecified atom stereocenters. The van der Waals surface area contributed by atoms with E-state index in [1.165, 1.54) is 27.4 Å². The third kappa shape index (κ3) is 3.54. The molecule has 2 aromatic heterocycles. The van der Waals surface area contributed by atoms with Crippen LogP contribution in [0.4, 0.5) is 0 Å². The number of benzene rings is 1. The van der Waals surface area contributed by atoms with Crippen LogP contribution in [0.25, 0.3) is 4.96 Å². The molecule has 0 amide bonds. The first-order valence-corrected chi connectivity index (χ1v) is 10.8. The summed E-state index contributed by atoms with van der Waals surface area (Å²) >= 11 is 1.53. The van der Waals surface area contributed by atoms with Gasteiger partial charge in [0.15, 0.2) is 6.04 Å². The Hall–Kier alpha value is -1.96. The second kappa shape index (κ2) is 7.46. The zero-order valence-corrected chi connectivity index (χ0v) is 18.0. The fourth-order valence-electron chi connectivity index (χ4n) is 4.23. The number of hydrogen-bond donors (Lipinski definition) is 2. The molecule has 1 aliphatic heterocycles. The first kappa shape index (κ1) is 19.4. The van der Waals surface area contributed by atoms with Crippen molar-refractivity contribution < 1.29 is 14.7 Å². The molecular weight excluding hydrogens is 372 g/mol. The molecule has 1 aromatic carbocycles. The number of thiazole rings is 1. The molecule has 0 bridgehead atoms. The molecule has 0 radical (unpaired) electrons. The molecular formula is C21H29N4O2S+. The highest BCUT2D eigenvalue weighted by molar-refractivity contribution is 7.17. The molecule has 1 aliphatic rings.